The Bertz CT molecular complexity index is 770. The van der Waals surface area contributed by atoms with Gasteiger partial charge in [-0.05, 0) is 57.2 Å². The van der Waals surface area contributed by atoms with Crippen molar-refractivity contribution in [3.8, 4) is 5.75 Å². The SMILES string of the molecule is CCOc1ccc(S(=O)(=O)N2CCC(C(=O)N3CCCCC3)CC2)cc1Cl. The number of sulfonamides is 1. The summed E-state index contributed by atoms with van der Waals surface area (Å²) in [5, 5.41) is 0.285. The highest BCUT2D eigenvalue weighted by molar-refractivity contribution is 7.89. The Balaban J connectivity index is 1.64. The summed E-state index contributed by atoms with van der Waals surface area (Å²) < 4.78 is 32.7. The van der Waals surface area contributed by atoms with E-state index in [9.17, 15) is 13.2 Å². The maximum absolute atomic E-state index is 12.9. The lowest BCUT2D eigenvalue weighted by atomic mass is 9.95. The highest BCUT2D eigenvalue weighted by atomic mass is 35.5. The summed E-state index contributed by atoms with van der Waals surface area (Å²) in [6, 6.07) is 4.55. The van der Waals surface area contributed by atoms with Crippen molar-refractivity contribution in [1.29, 1.82) is 0 Å². The van der Waals surface area contributed by atoms with Gasteiger partial charge in [-0.25, -0.2) is 8.42 Å². The minimum atomic E-state index is -3.62. The van der Waals surface area contributed by atoms with E-state index >= 15 is 0 Å². The van der Waals surface area contributed by atoms with Crippen molar-refractivity contribution >= 4 is 27.5 Å². The Morgan fingerprint density at radius 3 is 2.41 bits per heavy atom. The highest BCUT2D eigenvalue weighted by Gasteiger charge is 2.34. The maximum Gasteiger partial charge on any atom is 0.243 e. The Kier molecular flexibility index (Phi) is 6.65. The molecule has 8 heteroatoms. The van der Waals surface area contributed by atoms with Crippen molar-refractivity contribution in [3.63, 3.8) is 0 Å². The second kappa shape index (κ2) is 8.80. The number of amides is 1. The van der Waals surface area contributed by atoms with Gasteiger partial charge in [-0.1, -0.05) is 11.6 Å². The zero-order chi connectivity index (χ0) is 19.4. The number of carbonyl (C=O) groups excluding carboxylic acids is 1. The third kappa shape index (κ3) is 4.58. The fourth-order valence-corrected chi connectivity index (χ4v) is 5.58. The molecule has 0 saturated carbocycles. The smallest absolute Gasteiger partial charge is 0.243 e. The molecule has 2 heterocycles. The summed E-state index contributed by atoms with van der Waals surface area (Å²) in [6.07, 6.45) is 4.46. The molecule has 0 radical (unpaired) electrons. The minimum Gasteiger partial charge on any atom is -0.492 e. The van der Waals surface area contributed by atoms with Gasteiger partial charge in [-0.3, -0.25) is 4.79 Å². The molecular weight excluding hydrogens is 388 g/mol. The lowest BCUT2D eigenvalue weighted by Crippen LogP contribution is -2.45. The summed E-state index contributed by atoms with van der Waals surface area (Å²) in [5.41, 5.74) is 0. The summed E-state index contributed by atoms with van der Waals surface area (Å²) >= 11 is 6.15. The molecule has 2 saturated heterocycles. The van der Waals surface area contributed by atoms with Crippen LogP contribution in [0.15, 0.2) is 23.1 Å². The second-order valence-electron chi connectivity index (χ2n) is 7.09. The third-order valence-electron chi connectivity index (χ3n) is 5.31. The number of hydrogen-bond donors (Lipinski definition) is 0. The Morgan fingerprint density at radius 2 is 1.81 bits per heavy atom. The first-order chi connectivity index (χ1) is 12.9. The van der Waals surface area contributed by atoms with Gasteiger partial charge in [0, 0.05) is 32.1 Å². The molecule has 1 amide bonds. The van der Waals surface area contributed by atoms with Gasteiger partial charge >= 0.3 is 0 Å². The van der Waals surface area contributed by atoms with E-state index in [-0.39, 0.29) is 21.7 Å². The fourth-order valence-electron chi connectivity index (χ4n) is 3.78. The van der Waals surface area contributed by atoms with Crippen LogP contribution in [-0.2, 0) is 14.8 Å². The van der Waals surface area contributed by atoms with E-state index in [2.05, 4.69) is 0 Å². The van der Waals surface area contributed by atoms with Crippen LogP contribution in [0, 0.1) is 5.92 Å². The zero-order valence-electron chi connectivity index (χ0n) is 15.7. The average Bonchev–Trinajstić information content (AvgIpc) is 2.70. The van der Waals surface area contributed by atoms with Crippen molar-refractivity contribution in [2.75, 3.05) is 32.8 Å². The summed E-state index contributed by atoms with van der Waals surface area (Å²) in [7, 11) is -3.62. The molecule has 2 aliphatic rings. The van der Waals surface area contributed by atoms with Crippen LogP contribution in [0.25, 0.3) is 0 Å². The molecular formula is C19H27ClN2O4S. The maximum atomic E-state index is 12.9. The first kappa shape index (κ1) is 20.4. The van der Waals surface area contributed by atoms with Gasteiger partial charge in [0.05, 0.1) is 16.5 Å². The van der Waals surface area contributed by atoms with E-state index in [0.717, 1.165) is 25.9 Å². The second-order valence-corrected chi connectivity index (χ2v) is 9.43. The number of ether oxygens (including phenoxy) is 1. The van der Waals surface area contributed by atoms with Gasteiger partial charge < -0.3 is 9.64 Å². The van der Waals surface area contributed by atoms with Crippen molar-refractivity contribution < 1.29 is 17.9 Å². The lowest BCUT2D eigenvalue weighted by Gasteiger charge is -2.35. The van der Waals surface area contributed by atoms with Crippen molar-refractivity contribution in [2.45, 2.75) is 43.9 Å². The number of carbonyl (C=O) groups is 1. The van der Waals surface area contributed by atoms with Crippen LogP contribution < -0.4 is 4.74 Å². The molecule has 1 aromatic carbocycles. The van der Waals surface area contributed by atoms with Crippen LogP contribution in [0.5, 0.6) is 5.75 Å². The highest BCUT2D eigenvalue weighted by Crippen LogP contribution is 2.31. The first-order valence-electron chi connectivity index (χ1n) is 9.64. The number of benzene rings is 1. The molecule has 1 aromatic rings. The predicted molar refractivity (Wildman–Crippen MR) is 105 cm³/mol. The quantitative estimate of drug-likeness (QED) is 0.742. The molecule has 2 aliphatic heterocycles. The molecule has 0 aliphatic carbocycles. The van der Waals surface area contributed by atoms with Gasteiger partial charge in [0.15, 0.2) is 0 Å². The van der Waals surface area contributed by atoms with Gasteiger partial charge in [0.25, 0.3) is 0 Å². The molecule has 0 atom stereocenters. The lowest BCUT2D eigenvalue weighted by molar-refractivity contribution is -0.137. The van der Waals surface area contributed by atoms with Crippen LogP contribution in [0.3, 0.4) is 0 Å². The Hall–Kier alpha value is -1.31. The molecule has 2 fully saturated rings. The Labute approximate surface area is 166 Å². The number of likely N-dealkylation sites (tertiary alicyclic amines) is 1. The van der Waals surface area contributed by atoms with E-state index in [0.29, 0.717) is 38.3 Å². The topological polar surface area (TPSA) is 66.9 Å². The van der Waals surface area contributed by atoms with Gasteiger partial charge in [0.1, 0.15) is 5.75 Å². The normalized spacial score (nSPS) is 19.9. The van der Waals surface area contributed by atoms with E-state index in [1.54, 1.807) is 6.07 Å². The van der Waals surface area contributed by atoms with Crippen LogP contribution in [0.1, 0.15) is 39.0 Å². The minimum absolute atomic E-state index is 0.0709. The van der Waals surface area contributed by atoms with E-state index < -0.39 is 10.0 Å². The molecule has 3 rings (SSSR count). The standard InChI is InChI=1S/C19H27ClN2O4S/c1-2-26-18-7-6-16(14-17(18)20)27(24,25)22-12-8-15(9-13-22)19(23)21-10-4-3-5-11-21/h6-7,14-15H,2-5,8-13H2,1H3. The molecule has 27 heavy (non-hydrogen) atoms. The molecule has 0 bridgehead atoms. The predicted octanol–water partition coefficient (Wildman–Crippen LogP) is 3.15. The number of rotatable bonds is 5. The van der Waals surface area contributed by atoms with Gasteiger partial charge in [0.2, 0.25) is 15.9 Å². The number of piperidine rings is 2. The number of halogens is 1. The molecule has 0 aromatic heterocycles. The third-order valence-corrected chi connectivity index (χ3v) is 7.50. The van der Waals surface area contributed by atoms with Crippen LogP contribution in [0.4, 0.5) is 0 Å². The molecule has 0 spiro atoms. The van der Waals surface area contributed by atoms with Crippen LogP contribution in [-0.4, -0.2) is 56.3 Å². The van der Waals surface area contributed by atoms with E-state index in [4.69, 9.17) is 16.3 Å². The summed E-state index contributed by atoms with van der Waals surface area (Å²) in [5.74, 6) is 0.596. The molecule has 0 unspecified atom stereocenters. The van der Waals surface area contributed by atoms with Crippen molar-refractivity contribution in [2.24, 2.45) is 5.92 Å². The number of hydrogen-bond acceptors (Lipinski definition) is 4. The molecule has 6 nitrogen and oxygen atoms in total. The largest absolute Gasteiger partial charge is 0.492 e. The molecule has 150 valence electrons. The average molecular weight is 415 g/mol. The van der Waals surface area contributed by atoms with Gasteiger partial charge in [-0.2, -0.15) is 4.31 Å². The van der Waals surface area contributed by atoms with Crippen molar-refractivity contribution in [1.82, 2.24) is 9.21 Å². The van der Waals surface area contributed by atoms with Gasteiger partial charge in [-0.15, -0.1) is 0 Å². The van der Waals surface area contributed by atoms with Crippen molar-refractivity contribution in [3.05, 3.63) is 23.2 Å². The van der Waals surface area contributed by atoms with Crippen LogP contribution in [0.2, 0.25) is 5.02 Å². The first-order valence-corrected chi connectivity index (χ1v) is 11.5. The fraction of sp³-hybridized carbons (Fsp3) is 0.632. The summed E-state index contributed by atoms with van der Waals surface area (Å²) in [4.78, 5) is 14.8. The number of nitrogens with zero attached hydrogens (tertiary/aromatic N) is 2. The Morgan fingerprint density at radius 1 is 1.15 bits per heavy atom. The zero-order valence-corrected chi connectivity index (χ0v) is 17.3. The van der Waals surface area contributed by atoms with E-state index in [1.165, 1.54) is 22.9 Å². The monoisotopic (exact) mass is 414 g/mol. The summed E-state index contributed by atoms with van der Waals surface area (Å²) in [6.45, 7) is 4.69. The van der Waals surface area contributed by atoms with Crippen LogP contribution >= 0.6 is 11.6 Å². The molecule has 0 N–H and O–H groups in total. The van der Waals surface area contributed by atoms with E-state index in [1.807, 2.05) is 11.8 Å².